The summed E-state index contributed by atoms with van der Waals surface area (Å²) in [6.45, 7) is 1.59. The fraction of sp³-hybridized carbons (Fsp3) is 0.222. The number of nitrogens with zero attached hydrogens (tertiary/aromatic N) is 1. The first kappa shape index (κ1) is 10.4. The van der Waals surface area contributed by atoms with Crippen LogP contribution in [0.2, 0.25) is 0 Å². The molecule has 0 radical (unpaired) electrons. The summed E-state index contributed by atoms with van der Waals surface area (Å²) in [4.78, 5) is 4.17. The van der Waals surface area contributed by atoms with Gasteiger partial charge in [0.05, 0.1) is 16.0 Å². The summed E-state index contributed by atoms with van der Waals surface area (Å²) in [7, 11) is -3.22. The van der Waals surface area contributed by atoms with Gasteiger partial charge in [0.25, 0.3) is 0 Å². The highest BCUT2D eigenvalue weighted by molar-refractivity contribution is 7.92. The van der Waals surface area contributed by atoms with Crippen molar-refractivity contribution in [3.05, 3.63) is 24.3 Å². The molecule has 0 aliphatic carbocycles. The fourth-order valence-corrected chi connectivity index (χ4v) is 2.84. The predicted octanol–water partition coefficient (Wildman–Crippen LogP) is 2.06. The molecule has 0 atom stereocenters. The van der Waals surface area contributed by atoms with Gasteiger partial charge in [0.1, 0.15) is 0 Å². The van der Waals surface area contributed by atoms with Crippen LogP contribution in [-0.2, 0) is 10.0 Å². The van der Waals surface area contributed by atoms with E-state index in [0.717, 1.165) is 10.2 Å². The minimum Gasteiger partial charge on any atom is -0.259 e. The van der Waals surface area contributed by atoms with Crippen LogP contribution in [0.3, 0.4) is 0 Å². The maximum absolute atomic E-state index is 11.3. The van der Waals surface area contributed by atoms with Crippen molar-refractivity contribution >= 4 is 36.7 Å². The average Bonchev–Trinajstić information content (AvgIpc) is 2.58. The number of anilines is 1. The fourth-order valence-electron chi connectivity index (χ4n) is 1.12. The molecule has 0 aliphatic heterocycles. The van der Waals surface area contributed by atoms with E-state index in [1.165, 1.54) is 11.3 Å². The van der Waals surface area contributed by atoms with Gasteiger partial charge in [-0.3, -0.25) is 4.72 Å². The third-order valence-corrected chi connectivity index (χ3v) is 4.26. The van der Waals surface area contributed by atoms with Crippen LogP contribution in [0.25, 0.3) is 10.2 Å². The van der Waals surface area contributed by atoms with E-state index in [1.807, 2.05) is 24.3 Å². The number of thiazole rings is 1. The number of nitrogens with one attached hydrogen (secondary N) is 1. The lowest BCUT2D eigenvalue weighted by Gasteiger charge is -1.99. The summed E-state index contributed by atoms with van der Waals surface area (Å²) < 4.78 is 26.0. The first-order valence-electron chi connectivity index (χ1n) is 4.47. The Bertz CT molecular complexity index is 542. The van der Waals surface area contributed by atoms with Crippen molar-refractivity contribution in [3.63, 3.8) is 0 Å². The Balaban J connectivity index is 2.38. The number of fused-ring (bicyclic) bond motifs is 1. The molecular weight excluding hydrogens is 232 g/mol. The SMILES string of the molecule is CCS(=O)(=O)Nc1nc2ccccc2s1. The van der Waals surface area contributed by atoms with Gasteiger partial charge in [0.2, 0.25) is 10.0 Å². The molecular formula is C9H10N2O2S2. The van der Waals surface area contributed by atoms with Gasteiger partial charge in [0, 0.05) is 0 Å². The topological polar surface area (TPSA) is 59.1 Å². The van der Waals surface area contributed by atoms with Crippen molar-refractivity contribution in [1.82, 2.24) is 4.98 Å². The lowest BCUT2D eigenvalue weighted by Crippen LogP contribution is -2.14. The van der Waals surface area contributed by atoms with Gasteiger partial charge in [0.15, 0.2) is 5.13 Å². The highest BCUT2D eigenvalue weighted by atomic mass is 32.2. The van der Waals surface area contributed by atoms with Crippen molar-refractivity contribution in [3.8, 4) is 0 Å². The second-order valence-electron chi connectivity index (χ2n) is 2.99. The summed E-state index contributed by atoms with van der Waals surface area (Å²) in [6, 6.07) is 7.55. The maximum Gasteiger partial charge on any atom is 0.234 e. The van der Waals surface area contributed by atoms with Crippen molar-refractivity contribution in [1.29, 1.82) is 0 Å². The van der Waals surface area contributed by atoms with E-state index >= 15 is 0 Å². The minimum absolute atomic E-state index is 0.0585. The highest BCUT2D eigenvalue weighted by Gasteiger charge is 2.10. The zero-order valence-electron chi connectivity index (χ0n) is 8.10. The summed E-state index contributed by atoms with van der Waals surface area (Å²) in [5, 5.41) is 0.429. The molecule has 2 aromatic rings. The molecule has 1 aromatic heterocycles. The molecule has 0 spiro atoms. The highest BCUT2D eigenvalue weighted by Crippen LogP contribution is 2.25. The first-order valence-corrected chi connectivity index (χ1v) is 6.93. The minimum atomic E-state index is -3.22. The number of hydrogen-bond donors (Lipinski definition) is 1. The second kappa shape index (κ2) is 3.79. The largest absolute Gasteiger partial charge is 0.259 e. The molecule has 0 amide bonds. The van der Waals surface area contributed by atoms with Gasteiger partial charge in [-0.25, -0.2) is 13.4 Å². The van der Waals surface area contributed by atoms with Crippen molar-refractivity contribution in [2.24, 2.45) is 0 Å². The van der Waals surface area contributed by atoms with Crippen LogP contribution in [0, 0.1) is 0 Å². The number of para-hydroxylation sites is 1. The number of hydrogen-bond acceptors (Lipinski definition) is 4. The van der Waals surface area contributed by atoms with E-state index in [-0.39, 0.29) is 5.75 Å². The Labute approximate surface area is 92.0 Å². The Morgan fingerprint density at radius 1 is 1.40 bits per heavy atom. The summed E-state index contributed by atoms with van der Waals surface area (Å²) >= 11 is 1.34. The molecule has 0 unspecified atom stereocenters. The van der Waals surface area contributed by atoms with E-state index < -0.39 is 10.0 Å². The molecule has 1 N–H and O–H groups in total. The molecule has 80 valence electrons. The zero-order chi connectivity index (χ0) is 10.9. The molecule has 1 heterocycles. The van der Waals surface area contributed by atoms with Gasteiger partial charge >= 0.3 is 0 Å². The van der Waals surface area contributed by atoms with Gasteiger partial charge in [-0.15, -0.1) is 0 Å². The molecule has 0 saturated heterocycles. The number of aromatic nitrogens is 1. The van der Waals surface area contributed by atoms with Crippen LogP contribution < -0.4 is 4.72 Å². The van der Waals surface area contributed by atoms with E-state index in [9.17, 15) is 8.42 Å². The average molecular weight is 242 g/mol. The van der Waals surface area contributed by atoms with Crippen LogP contribution in [0.15, 0.2) is 24.3 Å². The molecule has 15 heavy (non-hydrogen) atoms. The second-order valence-corrected chi connectivity index (χ2v) is 6.03. The third-order valence-electron chi connectivity index (χ3n) is 1.92. The van der Waals surface area contributed by atoms with Gasteiger partial charge in [-0.05, 0) is 19.1 Å². The molecule has 2 rings (SSSR count). The van der Waals surface area contributed by atoms with Crippen molar-refractivity contribution in [2.45, 2.75) is 6.92 Å². The van der Waals surface area contributed by atoms with Gasteiger partial charge < -0.3 is 0 Å². The van der Waals surface area contributed by atoms with E-state index in [1.54, 1.807) is 6.92 Å². The van der Waals surface area contributed by atoms with E-state index in [2.05, 4.69) is 9.71 Å². The zero-order valence-corrected chi connectivity index (χ0v) is 9.73. The standard InChI is InChI=1S/C9H10N2O2S2/c1-2-15(12,13)11-9-10-7-5-3-4-6-8(7)14-9/h3-6H,2H2,1H3,(H,10,11). The Hall–Kier alpha value is -1.14. The van der Waals surface area contributed by atoms with Gasteiger partial charge in [-0.2, -0.15) is 0 Å². The number of sulfonamides is 1. The van der Waals surface area contributed by atoms with Crippen LogP contribution in [-0.4, -0.2) is 19.2 Å². The molecule has 6 heteroatoms. The molecule has 0 bridgehead atoms. The first-order chi connectivity index (χ1) is 7.11. The molecule has 4 nitrogen and oxygen atoms in total. The summed E-state index contributed by atoms with van der Waals surface area (Å²) in [5.74, 6) is 0.0585. The van der Waals surface area contributed by atoms with Crippen LogP contribution in [0.4, 0.5) is 5.13 Å². The molecule has 0 saturated carbocycles. The van der Waals surface area contributed by atoms with Crippen LogP contribution >= 0.6 is 11.3 Å². The smallest absolute Gasteiger partial charge is 0.234 e. The lowest BCUT2D eigenvalue weighted by molar-refractivity contribution is 0.602. The third kappa shape index (κ3) is 2.27. The van der Waals surface area contributed by atoms with Crippen LogP contribution in [0.5, 0.6) is 0 Å². The van der Waals surface area contributed by atoms with E-state index in [0.29, 0.717) is 5.13 Å². The molecule has 1 aromatic carbocycles. The summed E-state index contributed by atoms with van der Waals surface area (Å²) in [5.41, 5.74) is 0.816. The Kier molecular flexibility index (Phi) is 2.62. The van der Waals surface area contributed by atoms with Crippen molar-refractivity contribution in [2.75, 3.05) is 10.5 Å². The van der Waals surface area contributed by atoms with Gasteiger partial charge in [-0.1, -0.05) is 23.5 Å². The predicted molar refractivity (Wildman–Crippen MR) is 62.7 cm³/mol. The summed E-state index contributed by atoms with van der Waals surface area (Å²) in [6.07, 6.45) is 0. The Morgan fingerprint density at radius 3 is 2.80 bits per heavy atom. The Morgan fingerprint density at radius 2 is 2.13 bits per heavy atom. The quantitative estimate of drug-likeness (QED) is 0.896. The lowest BCUT2D eigenvalue weighted by atomic mass is 10.3. The number of benzene rings is 1. The maximum atomic E-state index is 11.3. The molecule has 0 aliphatic rings. The monoisotopic (exact) mass is 242 g/mol. The normalized spacial score (nSPS) is 11.8. The van der Waals surface area contributed by atoms with E-state index in [4.69, 9.17) is 0 Å². The molecule has 0 fully saturated rings. The van der Waals surface area contributed by atoms with Crippen molar-refractivity contribution < 1.29 is 8.42 Å². The van der Waals surface area contributed by atoms with Crippen LogP contribution in [0.1, 0.15) is 6.92 Å². The number of rotatable bonds is 3.